The van der Waals surface area contributed by atoms with Crippen molar-refractivity contribution in [3.8, 4) is 11.1 Å². The minimum Gasteiger partial charge on any atom is -0.411 e. The van der Waals surface area contributed by atoms with E-state index in [1.54, 1.807) is 48.5 Å². The number of alkyl halides is 3. The highest BCUT2D eigenvalue weighted by Crippen LogP contribution is 2.32. The molecule has 0 radical (unpaired) electrons. The van der Waals surface area contributed by atoms with Crippen LogP contribution in [0.4, 0.5) is 18.9 Å². The van der Waals surface area contributed by atoms with Gasteiger partial charge in [-0.1, -0.05) is 47.6 Å². The zero-order valence-corrected chi connectivity index (χ0v) is 14.6. The lowest BCUT2D eigenvalue weighted by Crippen LogP contribution is -2.18. The van der Waals surface area contributed by atoms with E-state index in [4.69, 9.17) is 5.21 Å². The molecule has 3 aromatic rings. The number of nitrogens with one attached hydrogen (secondary N) is 1. The van der Waals surface area contributed by atoms with Crippen LogP contribution in [-0.4, -0.2) is 27.1 Å². The monoisotopic (exact) mass is 388 g/mol. The molecule has 0 saturated heterocycles. The molecule has 0 bridgehead atoms. The second-order valence-corrected chi connectivity index (χ2v) is 5.93. The Morgan fingerprint density at radius 1 is 1.18 bits per heavy atom. The first-order chi connectivity index (χ1) is 13.3. The standard InChI is InChI=1S/C19H15F3N4O2/c1-26-11-15(17(25-26)19(20,21)22)18(27)24-16-5-3-2-4-14(16)13-8-6-12(7-9-13)10-23-28/h2-11,28H,1H3,(H,24,27)/b23-10-. The van der Waals surface area contributed by atoms with Crippen molar-refractivity contribution in [2.24, 2.45) is 12.2 Å². The molecule has 0 spiro atoms. The Kier molecular flexibility index (Phi) is 5.16. The molecule has 28 heavy (non-hydrogen) atoms. The molecule has 0 aliphatic heterocycles. The Morgan fingerprint density at radius 3 is 2.50 bits per heavy atom. The fraction of sp³-hybridized carbons (Fsp3) is 0.105. The van der Waals surface area contributed by atoms with Gasteiger partial charge < -0.3 is 10.5 Å². The first-order valence-corrected chi connectivity index (χ1v) is 8.08. The molecule has 1 heterocycles. The van der Waals surface area contributed by atoms with Gasteiger partial charge in [0, 0.05) is 24.5 Å². The summed E-state index contributed by atoms with van der Waals surface area (Å²) >= 11 is 0. The van der Waals surface area contributed by atoms with Gasteiger partial charge in [0.15, 0.2) is 5.69 Å². The molecule has 0 saturated carbocycles. The summed E-state index contributed by atoms with van der Waals surface area (Å²) in [5.41, 5.74) is 0.580. The third-order valence-corrected chi connectivity index (χ3v) is 3.95. The second-order valence-electron chi connectivity index (χ2n) is 5.93. The van der Waals surface area contributed by atoms with E-state index >= 15 is 0 Å². The third kappa shape index (κ3) is 4.03. The minimum atomic E-state index is -4.74. The Morgan fingerprint density at radius 2 is 1.86 bits per heavy atom. The van der Waals surface area contributed by atoms with Crippen LogP contribution < -0.4 is 5.32 Å². The molecular weight excluding hydrogens is 373 g/mol. The summed E-state index contributed by atoms with van der Waals surface area (Å²) in [4.78, 5) is 12.5. The molecule has 144 valence electrons. The number of hydrogen-bond acceptors (Lipinski definition) is 4. The lowest BCUT2D eigenvalue weighted by Gasteiger charge is -2.12. The molecule has 1 amide bonds. The van der Waals surface area contributed by atoms with Gasteiger partial charge in [0.05, 0.1) is 11.8 Å². The maximum Gasteiger partial charge on any atom is 0.435 e. The van der Waals surface area contributed by atoms with E-state index < -0.39 is 23.3 Å². The molecule has 2 N–H and O–H groups in total. The number of amides is 1. The van der Waals surface area contributed by atoms with Crippen LogP contribution in [-0.2, 0) is 13.2 Å². The van der Waals surface area contributed by atoms with Crippen LogP contribution in [0.25, 0.3) is 11.1 Å². The van der Waals surface area contributed by atoms with Crippen molar-refractivity contribution in [3.63, 3.8) is 0 Å². The van der Waals surface area contributed by atoms with Crippen LogP contribution in [0.1, 0.15) is 21.6 Å². The highest BCUT2D eigenvalue weighted by molar-refractivity contribution is 6.07. The maximum atomic E-state index is 13.1. The lowest BCUT2D eigenvalue weighted by molar-refractivity contribution is -0.141. The maximum absolute atomic E-state index is 13.1. The number of oxime groups is 1. The van der Waals surface area contributed by atoms with Crippen molar-refractivity contribution in [2.45, 2.75) is 6.18 Å². The summed E-state index contributed by atoms with van der Waals surface area (Å²) in [5, 5.41) is 17.4. The van der Waals surface area contributed by atoms with E-state index in [0.29, 0.717) is 16.8 Å². The van der Waals surface area contributed by atoms with E-state index in [0.717, 1.165) is 16.4 Å². The summed E-state index contributed by atoms with van der Waals surface area (Å²) in [7, 11) is 1.32. The highest BCUT2D eigenvalue weighted by atomic mass is 19.4. The van der Waals surface area contributed by atoms with Crippen LogP contribution >= 0.6 is 0 Å². The fourth-order valence-electron chi connectivity index (χ4n) is 2.71. The van der Waals surface area contributed by atoms with E-state index in [9.17, 15) is 18.0 Å². The number of hydrogen-bond donors (Lipinski definition) is 2. The first-order valence-electron chi connectivity index (χ1n) is 8.08. The number of nitrogens with zero attached hydrogens (tertiary/aromatic N) is 3. The second kappa shape index (κ2) is 7.55. The predicted octanol–water partition coefficient (Wildman–Crippen LogP) is 4.17. The summed E-state index contributed by atoms with van der Waals surface area (Å²) in [5.74, 6) is -0.906. The summed E-state index contributed by atoms with van der Waals surface area (Å²) in [6, 6.07) is 13.6. The van der Waals surface area contributed by atoms with Crippen LogP contribution in [0.2, 0.25) is 0 Å². The number of aryl methyl sites for hydroxylation is 1. The van der Waals surface area contributed by atoms with Crippen LogP contribution in [0, 0.1) is 0 Å². The van der Waals surface area contributed by atoms with Crippen molar-refractivity contribution in [1.82, 2.24) is 9.78 Å². The molecular formula is C19H15F3N4O2. The Labute approximate surface area is 157 Å². The fourth-order valence-corrected chi connectivity index (χ4v) is 2.71. The SMILES string of the molecule is Cn1cc(C(=O)Nc2ccccc2-c2ccc(/C=N\O)cc2)c(C(F)(F)F)n1. The topological polar surface area (TPSA) is 79.5 Å². The van der Waals surface area contributed by atoms with Gasteiger partial charge in [0.2, 0.25) is 0 Å². The van der Waals surface area contributed by atoms with E-state index in [1.165, 1.54) is 13.3 Å². The number of anilines is 1. The van der Waals surface area contributed by atoms with Crippen LogP contribution in [0.3, 0.4) is 0 Å². The van der Waals surface area contributed by atoms with Gasteiger partial charge in [-0.25, -0.2) is 0 Å². The Balaban J connectivity index is 1.93. The summed E-state index contributed by atoms with van der Waals surface area (Å²) < 4.78 is 40.3. The smallest absolute Gasteiger partial charge is 0.411 e. The zero-order chi connectivity index (χ0) is 20.3. The largest absolute Gasteiger partial charge is 0.435 e. The number of carbonyl (C=O) groups excluding carboxylic acids is 1. The van der Waals surface area contributed by atoms with Crippen molar-refractivity contribution in [1.29, 1.82) is 0 Å². The number of halogens is 3. The van der Waals surface area contributed by atoms with Gasteiger partial charge in [0.25, 0.3) is 5.91 Å². The average molecular weight is 388 g/mol. The van der Waals surface area contributed by atoms with Crippen molar-refractivity contribution in [2.75, 3.05) is 5.32 Å². The van der Waals surface area contributed by atoms with Crippen molar-refractivity contribution >= 4 is 17.8 Å². The van der Waals surface area contributed by atoms with Gasteiger partial charge in [-0.2, -0.15) is 18.3 Å². The molecule has 0 atom stereocenters. The Bertz CT molecular complexity index is 1020. The highest BCUT2D eigenvalue weighted by Gasteiger charge is 2.39. The number of rotatable bonds is 4. The average Bonchev–Trinajstić information content (AvgIpc) is 3.06. The van der Waals surface area contributed by atoms with Gasteiger partial charge in [-0.3, -0.25) is 9.48 Å². The number of carbonyl (C=O) groups is 1. The predicted molar refractivity (Wildman–Crippen MR) is 97.4 cm³/mol. The van der Waals surface area contributed by atoms with Crippen molar-refractivity contribution in [3.05, 3.63) is 71.5 Å². The summed E-state index contributed by atoms with van der Waals surface area (Å²) in [6.45, 7) is 0. The normalized spacial score (nSPS) is 11.7. The van der Waals surface area contributed by atoms with Gasteiger partial charge >= 0.3 is 6.18 Å². The van der Waals surface area contributed by atoms with E-state index in [-0.39, 0.29) is 0 Å². The molecule has 3 rings (SSSR count). The van der Waals surface area contributed by atoms with E-state index in [2.05, 4.69) is 15.6 Å². The molecule has 0 aliphatic carbocycles. The first kappa shape index (κ1) is 19.2. The lowest BCUT2D eigenvalue weighted by atomic mass is 10.0. The molecule has 0 aliphatic rings. The molecule has 9 heteroatoms. The summed E-state index contributed by atoms with van der Waals surface area (Å²) in [6.07, 6.45) is -2.44. The quantitative estimate of drug-likeness (QED) is 0.400. The molecule has 0 unspecified atom stereocenters. The third-order valence-electron chi connectivity index (χ3n) is 3.95. The Hall–Kier alpha value is -3.62. The number of para-hydroxylation sites is 1. The number of benzene rings is 2. The minimum absolute atomic E-state index is 0.355. The number of aromatic nitrogens is 2. The molecule has 1 aromatic heterocycles. The van der Waals surface area contributed by atoms with Gasteiger partial charge in [0.1, 0.15) is 0 Å². The van der Waals surface area contributed by atoms with Crippen LogP contribution in [0.15, 0.2) is 59.9 Å². The van der Waals surface area contributed by atoms with Crippen LogP contribution in [0.5, 0.6) is 0 Å². The molecule has 2 aromatic carbocycles. The molecule has 0 fully saturated rings. The zero-order valence-electron chi connectivity index (χ0n) is 14.6. The molecule has 6 nitrogen and oxygen atoms in total. The van der Waals surface area contributed by atoms with Crippen molar-refractivity contribution < 1.29 is 23.2 Å². The van der Waals surface area contributed by atoms with Gasteiger partial charge in [-0.15, -0.1) is 0 Å². The van der Waals surface area contributed by atoms with E-state index in [1.807, 2.05) is 0 Å². The van der Waals surface area contributed by atoms with Gasteiger partial charge in [-0.05, 0) is 17.2 Å².